The molecule has 2 aliphatic rings. The third-order valence-electron chi connectivity index (χ3n) is 4.60. The van der Waals surface area contributed by atoms with Gasteiger partial charge in [0.05, 0.1) is 17.0 Å². The monoisotopic (exact) mass is 311 g/mol. The van der Waals surface area contributed by atoms with Gasteiger partial charge >= 0.3 is 0 Å². The van der Waals surface area contributed by atoms with Crippen LogP contribution in [0.3, 0.4) is 0 Å². The topological polar surface area (TPSA) is 77.1 Å². The van der Waals surface area contributed by atoms with Crippen LogP contribution in [0.1, 0.15) is 42.0 Å². The van der Waals surface area contributed by atoms with Gasteiger partial charge in [0, 0.05) is 44.5 Å². The van der Waals surface area contributed by atoms with Crippen molar-refractivity contribution in [2.45, 2.75) is 38.8 Å². The molecule has 0 aliphatic carbocycles. The van der Waals surface area contributed by atoms with Gasteiger partial charge in [0.25, 0.3) is 5.56 Å². The van der Waals surface area contributed by atoms with Crippen LogP contribution in [0.5, 0.6) is 0 Å². The van der Waals surface area contributed by atoms with E-state index in [9.17, 15) is 4.79 Å². The number of fused-ring (bicyclic) bond motifs is 1. The highest BCUT2D eigenvalue weighted by Crippen LogP contribution is 2.17. The third-order valence-corrected chi connectivity index (χ3v) is 4.60. The molecule has 23 heavy (non-hydrogen) atoms. The minimum absolute atomic E-state index is 0.00513. The Morgan fingerprint density at radius 3 is 3.00 bits per heavy atom. The molecule has 4 heterocycles. The zero-order valence-electron chi connectivity index (χ0n) is 13.1. The van der Waals surface area contributed by atoms with Gasteiger partial charge in [0.2, 0.25) is 0 Å². The first-order valence-electron chi connectivity index (χ1n) is 8.30. The van der Waals surface area contributed by atoms with Crippen molar-refractivity contribution in [3.8, 4) is 0 Å². The fourth-order valence-electron chi connectivity index (χ4n) is 3.35. The zero-order chi connectivity index (χ0) is 15.6. The third kappa shape index (κ3) is 2.99. The number of aromatic amines is 2. The molecule has 2 aliphatic heterocycles. The van der Waals surface area contributed by atoms with Crippen molar-refractivity contribution in [1.29, 1.82) is 0 Å². The largest absolute Gasteiger partial charge is 0.364 e. The van der Waals surface area contributed by atoms with E-state index >= 15 is 0 Å². The van der Waals surface area contributed by atoms with Gasteiger partial charge in [0.15, 0.2) is 5.82 Å². The smallest absolute Gasteiger partial charge is 0.255 e. The molecule has 0 spiro atoms. The van der Waals surface area contributed by atoms with Crippen molar-refractivity contribution in [3.05, 3.63) is 51.5 Å². The van der Waals surface area contributed by atoms with E-state index in [1.54, 1.807) is 0 Å². The molecule has 4 rings (SSSR count). The Hall–Kier alpha value is -2.21. The summed E-state index contributed by atoms with van der Waals surface area (Å²) in [6, 6.07) is 4.07. The Morgan fingerprint density at radius 1 is 1.26 bits per heavy atom. The number of aromatic nitrogens is 3. The van der Waals surface area contributed by atoms with E-state index in [2.05, 4.69) is 25.9 Å². The number of hydrogen-bond acceptors (Lipinski definition) is 4. The van der Waals surface area contributed by atoms with Gasteiger partial charge in [-0.15, -0.1) is 0 Å². The quantitative estimate of drug-likeness (QED) is 0.904. The molecule has 120 valence electrons. The lowest BCUT2D eigenvalue weighted by molar-refractivity contribution is 0.239. The predicted octanol–water partition coefficient (Wildman–Crippen LogP) is 1.63. The molecule has 0 radical (unpaired) electrons. The molecule has 0 bridgehead atoms. The van der Waals surface area contributed by atoms with Crippen LogP contribution in [0.25, 0.3) is 0 Å². The van der Waals surface area contributed by atoms with Crippen molar-refractivity contribution in [2.75, 3.05) is 13.1 Å². The van der Waals surface area contributed by atoms with E-state index in [0.29, 0.717) is 12.4 Å². The maximum absolute atomic E-state index is 12.5. The van der Waals surface area contributed by atoms with E-state index in [1.807, 2.05) is 12.3 Å². The summed E-state index contributed by atoms with van der Waals surface area (Å²) in [6.07, 6.45) is 5.93. The van der Waals surface area contributed by atoms with Gasteiger partial charge in [-0.2, -0.15) is 0 Å². The second-order valence-electron chi connectivity index (χ2n) is 6.28. The zero-order valence-corrected chi connectivity index (χ0v) is 13.1. The first-order chi connectivity index (χ1) is 11.3. The maximum Gasteiger partial charge on any atom is 0.255 e. The van der Waals surface area contributed by atoms with Crippen molar-refractivity contribution in [2.24, 2.45) is 4.99 Å². The van der Waals surface area contributed by atoms with Crippen LogP contribution in [0, 0.1) is 0 Å². The molecule has 2 aromatic rings. The second kappa shape index (κ2) is 6.12. The van der Waals surface area contributed by atoms with Gasteiger partial charge in [-0.05, 0) is 31.4 Å². The summed E-state index contributed by atoms with van der Waals surface area (Å²) in [5.74, 6) is 0.686. The number of H-pyrrole nitrogens is 2. The summed E-state index contributed by atoms with van der Waals surface area (Å²) in [7, 11) is 0. The molecule has 2 aromatic heterocycles. The van der Waals surface area contributed by atoms with Crippen molar-refractivity contribution >= 4 is 5.71 Å². The Balaban J connectivity index is 1.58. The molecule has 6 heteroatoms. The molecule has 0 unspecified atom stereocenters. The van der Waals surface area contributed by atoms with Gasteiger partial charge in [0.1, 0.15) is 0 Å². The summed E-state index contributed by atoms with van der Waals surface area (Å²) in [4.78, 5) is 30.2. The summed E-state index contributed by atoms with van der Waals surface area (Å²) in [6.45, 7) is 3.26. The molecule has 2 N–H and O–H groups in total. The minimum Gasteiger partial charge on any atom is -0.364 e. The lowest BCUT2D eigenvalue weighted by Gasteiger charge is -2.27. The number of nitrogens with zero attached hydrogens (tertiary/aromatic N) is 3. The number of aliphatic imine (C=N–C) groups is 1. The van der Waals surface area contributed by atoms with E-state index in [-0.39, 0.29) is 5.56 Å². The van der Waals surface area contributed by atoms with Crippen LogP contribution < -0.4 is 5.56 Å². The molecule has 0 atom stereocenters. The highest BCUT2D eigenvalue weighted by Gasteiger charge is 2.22. The van der Waals surface area contributed by atoms with E-state index < -0.39 is 0 Å². The summed E-state index contributed by atoms with van der Waals surface area (Å²) >= 11 is 0. The molecular weight excluding hydrogens is 290 g/mol. The molecule has 0 fully saturated rings. The molecule has 0 saturated carbocycles. The van der Waals surface area contributed by atoms with Gasteiger partial charge in [-0.1, -0.05) is 0 Å². The number of rotatable bonds is 3. The first kappa shape index (κ1) is 14.4. The Kier molecular flexibility index (Phi) is 3.83. The summed E-state index contributed by atoms with van der Waals surface area (Å²) in [5.41, 5.74) is 3.88. The second-order valence-corrected chi connectivity index (χ2v) is 6.28. The number of hydrogen-bond donors (Lipinski definition) is 2. The SMILES string of the molecule is O=c1[nH]c(C2=NCCCC2)nc2c1CN(Cc1ccc[nH]1)CC2. The van der Waals surface area contributed by atoms with E-state index in [1.165, 1.54) is 5.69 Å². The standard InChI is InChI=1S/C17H21N5O/c23-17-13-11-22(10-12-4-3-8-18-12)9-6-14(13)20-16(21-17)15-5-1-2-7-19-15/h3-4,8,18H,1-2,5-7,9-11H2,(H,20,21,23). The average molecular weight is 311 g/mol. The van der Waals surface area contributed by atoms with Crippen LogP contribution in [0.15, 0.2) is 28.1 Å². The van der Waals surface area contributed by atoms with Crippen molar-refractivity contribution in [3.63, 3.8) is 0 Å². The fourth-order valence-corrected chi connectivity index (χ4v) is 3.35. The number of nitrogens with one attached hydrogen (secondary N) is 2. The van der Waals surface area contributed by atoms with Gasteiger partial charge in [-0.25, -0.2) is 4.98 Å². The summed E-state index contributed by atoms with van der Waals surface area (Å²) in [5, 5.41) is 0. The normalized spacial score (nSPS) is 18.5. The lowest BCUT2D eigenvalue weighted by atomic mass is 10.1. The Labute approximate surface area is 134 Å². The highest BCUT2D eigenvalue weighted by atomic mass is 16.1. The molecular formula is C17H21N5O. The van der Waals surface area contributed by atoms with Gasteiger partial charge < -0.3 is 9.97 Å². The first-order valence-corrected chi connectivity index (χ1v) is 8.30. The molecule has 0 aromatic carbocycles. The minimum atomic E-state index is -0.00513. The van der Waals surface area contributed by atoms with Crippen molar-refractivity contribution < 1.29 is 0 Å². The van der Waals surface area contributed by atoms with Crippen LogP contribution in [-0.4, -0.2) is 38.7 Å². The van der Waals surface area contributed by atoms with E-state index in [4.69, 9.17) is 4.98 Å². The fraction of sp³-hybridized carbons (Fsp3) is 0.471. The average Bonchev–Trinajstić information content (AvgIpc) is 3.09. The summed E-state index contributed by atoms with van der Waals surface area (Å²) < 4.78 is 0. The highest BCUT2D eigenvalue weighted by molar-refractivity contribution is 5.97. The van der Waals surface area contributed by atoms with E-state index in [0.717, 1.165) is 62.3 Å². The molecule has 6 nitrogen and oxygen atoms in total. The predicted molar refractivity (Wildman–Crippen MR) is 88.7 cm³/mol. The molecule has 0 amide bonds. The Bertz CT molecular complexity index is 775. The Morgan fingerprint density at radius 2 is 2.22 bits per heavy atom. The lowest BCUT2D eigenvalue weighted by Crippen LogP contribution is -2.36. The van der Waals surface area contributed by atoms with Crippen molar-refractivity contribution in [1.82, 2.24) is 19.9 Å². The van der Waals surface area contributed by atoms with Gasteiger partial charge in [-0.3, -0.25) is 14.7 Å². The van der Waals surface area contributed by atoms with Crippen LogP contribution >= 0.6 is 0 Å². The van der Waals surface area contributed by atoms with Crippen LogP contribution in [-0.2, 0) is 19.5 Å². The maximum atomic E-state index is 12.5. The van der Waals surface area contributed by atoms with Crippen LogP contribution in [0.2, 0.25) is 0 Å². The molecule has 0 saturated heterocycles. The van der Waals surface area contributed by atoms with Crippen LogP contribution in [0.4, 0.5) is 0 Å².